The van der Waals surface area contributed by atoms with E-state index >= 15 is 0 Å². The maximum atomic E-state index is 12.5. The summed E-state index contributed by atoms with van der Waals surface area (Å²) in [5.41, 5.74) is 1.33. The second-order valence-corrected chi connectivity index (χ2v) is 7.50. The molecule has 0 radical (unpaired) electrons. The molecular formula is C17H22N6O3S. The minimum absolute atomic E-state index is 0.142. The van der Waals surface area contributed by atoms with E-state index in [1.807, 2.05) is 6.92 Å². The third-order valence-corrected chi connectivity index (χ3v) is 5.12. The van der Waals surface area contributed by atoms with Gasteiger partial charge in [0.05, 0.1) is 17.9 Å². The highest BCUT2D eigenvalue weighted by Gasteiger charge is 2.29. The number of ether oxygens (including phenoxy) is 1. The lowest BCUT2D eigenvalue weighted by Gasteiger charge is -2.17. The molecule has 0 aliphatic heterocycles. The van der Waals surface area contributed by atoms with E-state index in [0.29, 0.717) is 29.2 Å². The van der Waals surface area contributed by atoms with Crippen LogP contribution in [0, 0.1) is 0 Å². The molecule has 1 saturated carbocycles. The predicted molar refractivity (Wildman–Crippen MR) is 102 cm³/mol. The summed E-state index contributed by atoms with van der Waals surface area (Å²) in [5.74, 6) is -0.142. The molecule has 1 unspecified atom stereocenters. The summed E-state index contributed by atoms with van der Waals surface area (Å²) in [4.78, 5) is 25.6. The first-order valence-corrected chi connectivity index (χ1v) is 9.63. The number of aromatic nitrogens is 4. The van der Waals surface area contributed by atoms with Gasteiger partial charge in [0.1, 0.15) is 0 Å². The minimum atomic E-state index is -0.423. The Labute approximate surface area is 161 Å². The molecule has 0 saturated heterocycles. The van der Waals surface area contributed by atoms with Gasteiger partial charge in [-0.05, 0) is 61.4 Å². The molecule has 1 aliphatic rings. The summed E-state index contributed by atoms with van der Waals surface area (Å²) >= 11 is 1.34. The van der Waals surface area contributed by atoms with Crippen molar-refractivity contribution in [2.75, 3.05) is 23.9 Å². The lowest BCUT2D eigenvalue weighted by Crippen LogP contribution is -2.27. The Bertz CT molecular complexity index is 805. The van der Waals surface area contributed by atoms with Crippen molar-refractivity contribution in [3.05, 3.63) is 24.3 Å². The van der Waals surface area contributed by atoms with Crippen LogP contribution in [-0.4, -0.2) is 51.1 Å². The Balaban J connectivity index is 1.57. The predicted octanol–water partition coefficient (Wildman–Crippen LogP) is 2.72. The van der Waals surface area contributed by atoms with Crippen molar-refractivity contribution in [3.8, 4) is 0 Å². The molecule has 1 atom stereocenters. The molecule has 1 fully saturated rings. The van der Waals surface area contributed by atoms with Crippen molar-refractivity contribution < 1.29 is 14.3 Å². The molecule has 144 valence electrons. The Morgan fingerprint density at radius 2 is 2.07 bits per heavy atom. The second kappa shape index (κ2) is 8.38. The van der Waals surface area contributed by atoms with Crippen LogP contribution in [0.25, 0.3) is 0 Å². The SMILES string of the molecule is CCOC(=O)N(C)c1ccc(NC(=O)C(C)Sc2nnnn2C2CC2)cc1. The first-order valence-electron chi connectivity index (χ1n) is 8.75. The van der Waals surface area contributed by atoms with Crippen molar-refractivity contribution in [2.45, 2.75) is 43.1 Å². The van der Waals surface area contributed by atoms with E-state index in [1.54, 1.807) is 42.9 Å². The fourth-order valence-electron chi connectivity index (χ4n) is 2.36. The number of benzene rings is 1. The average molecular weight is 390 g/mol. The number of hydrogen-bond acceptors (Lipinski definition) is 7. The molecule has 27 heavy (non-hydrogen) atoms. The van der Waals surface area contributed by atoms with Crippen molar-refractivity contribution in [1.82, 2.24) is 20.2 Å². The molecule has 9 nitrogen and oxygen atoms in total. The van der Waals surface area contributed by atoms with Crippen LogP contribution in [0.4, 0.5) is 16.2 Å². The van der Waals surface area contributed by atoms with E-state index in [1.165, 1.54) is 16.7 Å². The van der Waals surface area contributed by atoms with E-state index in [-0.39, 0.29) is 11.2 Å². The van der Waals surface area contributed by atoms with Crippen molar-refractivity contribution in [1.29, 1.82) is 0 Å². The van der Waals surface area contributed by atoms with E-state index in [0.717, 1.165) is 12.8 Å². The molecular weight excluding hydrogens is 368 g/mol. The van der Waals surface area contributed by atoms with Crippen LogP contribution in [0.1, 0.15) is 32.7 Å². The van der Waals surface area contributed by atoms with Gasteiger partial charge in [-0.2, -0.15) is 0 Å². The van der Waals surface area contributed by atoms with Crippen LogP contribution in [-0.2, 0) is 9.53 Å². The molecule has 0 bridgehead atoms. The Hall–Kier alpha value is -2.62. The Kier molecular flexibility index (Phi) is 5.94. The zero-order valence-electron chi connectivity index (χ0n) is 15.5. The number of anilines is 2. The van der Waals surface area contributed by atoms with Gasteiger partial charge >= 0.3 is 6.09 Å². The van der Waals surface area contributed by atoms with E-state index in [4.69, 9.17) is 4.74 Å². The van der Waals surface area contributed by atoms with Crippen molar-refractivity contribution in [2.24, 2.45) is 0 Å². The van der Waals surface area contributed by atoms with Crippen molar-refractivity contribution in [3.63, 3.8) is 0 Å². The van der Waals surface area contributed by atoms with E-state index < -0.39 is 6.09 Å². The molecule has 1 aliphatic carbocycles. The summed E-state index contributed by atoms with van der Waals surface area (Å²) in [7, 11) is 1.63. The molecule has 1 heterocycles. The topological polar surface area (TPSA) is 102 Å². The van der Waals surface area contributed by atoms with Crippen LogP contribution in [0.3, 0.4) is 0 Å². The monoisotopic (exact) mass is 390 g/mol. The number of nitrogens with one attached hydrogen (secondary N) is 1. The lowest BCUT2D eigenvalue weighted by atomic mass is 10.2. The maximum Gasteiger partial charge on any atom is 0.413 e. The number of hydrogen-bond donors (Lipinski definition) is 1. The highest BCUT2D eigenvalue weighted by atomic mass is 32.2. The Morgan fingerprint density at radius 1 is 1.37 bits per heavy atom. The van der Waals surface area contributed by atoms with Crippen LogP contribution in [0.5, 0.6) is 0 Å². The van der Waals surface area contributed by atoms with E-state index in [9.17, 15) is 9.59 Å². The summed E-state index contributed by atoms with van der Waals surface area (Å²) < 4.78 is 6.75. The van der Waals surface area contributed by atoms with Gasteiger partial charge in [0.15, 0.2) is 0 Å². The lowest BCUT2D eigenvalue weighted by molar-refractivity contribution is -0.115. The number of thioether (sulfide) groups is 1. The van der Waals surface area contributed by atoms with Gasteiger partial charge in [-0.25, -0.2) is 9.48 Å². The van der Waals surface area contributed by atoms with Gasteiger partial charge in [-0.15, -0.1) is 5.10 Å². The average Bonchev–Trinajstić information content (AvgIpc) is 3.41. The van der Waals surface area contributed by atoms with Crippen LogP contribution >= 0.6 is 11.8 Å². The fraction of sp³-hybridized carbons (Fsp3) is 0.471. The molecule has 1 aromatic heterocycles. The first kappa shape index (κ1) is 19.2. The second-order valence-electron chi connectivity index (χ2n) is 6.19. The molecule has 0 spiro atoms. The smallest absolute Gasteiger partial charge is 0.413 e. The molecule has 10 heteroatoms. The molecule has 1 aromatic carbocycles. The standard InChI is InChI=1S/C17H22N6O3S/c1-4-26-17(25)22(3)13-7-5-12(6-8-13)18-15(24)11(2)27-16-19-20-21-23(16)14-9-10-14/h5-8,11,14H,4,9-10H2,1-3H3,(H,18,24). The minimum Gasteiger partial charge on any atom is -0.449 e. The molecule has 2 aromatic rings. The summed E-state index contributed by atoms with van der Waals surface area (Å²) in [6, 6.07) is 7.35. The summed E-state index contributed by atoms with van der Waals surface area (Å²) in [5, 5.41) is 14.9. The number of amides is 2. The third kappa shape index (κ3) is 4.76. The van der Waals surface area contributed by atoms with Crippen molar-refractivity contribution >= 4 is 35.1 Å². The quantitative estimate of drug-likeness (QED) is 0.725. The van der Waals surface area contributed by atoms with Crippen LogP contribution in [0.15, 0.2) is 29.4 Å². The normalized spacial score (nSPS) is 14.5. The summed E-state index contributed by atoms with van der Waals surface area (Å²) in [6.45, 7) is 3.89. The molecule has 2 amide bonds. The van der Waals surface area contributed by atoms with Gasteiger partial charge in [0, 0.05) is 18.4 Å². The van der Waals surface area contributed by atoms with E-state index in [2.05, 4.69) is 20.8 Å². The van der Waals surface area contributed by atoms with Crippen LogP contribution < -0.4 is 10.2 Å². The fourth-order valence-corrected chi connectivity index (χ4v) is 3.22. The number of carbonyl (C=O) groups excluding carboxylic acids is 2. The highest BCUT2D eigenvalue weighted by Crippen LogP contribution is 2.37. The number of carbonyl (C=O) groups is 2. The molecule has 1 N–H and O–H groups in total. The zero-order chi connectivity index (χ0) is 19.4. The van der Waals surface area contributed by atoms with Gasteiger partial charge in [0.25, 0.3) is 0 Å². The molecule has 3 rings (SSSR count). The maximum absolute atomic E-state index is 12.5. The number of nitrogens with zero attached hydrogens (tertiary/aromatic N) is 5. The highest BCUT2D eigenvalue weighted by molar-refractivity contribution is 8.00. The number of tetrazole rings is 1. The summed E-state index contributed by atoms with van der Waals surface area (Å²) in [6.07, 6.45) is 1.73. The van der Waals surface area contributed by atoms with Gasteiger partial charge < -0.3 is 10.1 Å². The third-order valence-electron chi connectivity index (χ3n) is 4.07. The van der Waals surface area contributed by atoms with Gasteiger partial charge in [-0.1, -0.05) is 11.8 Å². The van der Waals surface area contributed by atoms with Crippen LogP contribution in [0.2, 0.25) is 0 Å². The largest absolute Gasteiger partial charge is 0.449 e. The zero-order valence-corrected chi connectivity index (χ0v) is 16.3. The van der Waals surface area contributed by atoms with Gasteiger partial charge in [0.2, 0.25) is 11.1 Å². The number of rotatable bonds is 7. The first-order chi connectivity index (χ1) is 13.0. The Morgan fingerprint density at radius 3 is 2.70 bits per heavy atom. The van der Waals surface area contributed by atoms with Gasteiger partial charge in [-0.3, -0.25) is 9.69 Å².